The molecule has 5 aliphatic rings. The van der Waals surface area contributed by atoms with Crippen molar-refractivity contribution in [3.05, 3.63) is 295 Å². The first kappa shape index (κ1) is 100. The van der Waals surface area contributed by atoms with E-state index in [1.54, 1.807) is 0 Å². The zero-order chi connectivity index (χ0) is 95.7. The number of pyridine rings is 5. The third-order valence-corrected chi connectivity index (χ3v) is 26.7. The molecule has 0 spiro atoms. The SMILES string of the molecule is CC(C)(C)CC1CC(C)(C)c2cccc(NC(=O)c3cccnc3C(F)F)c21.CC(C)C[C@@H]1CC(C)(C)c2cccc(NC(=O)c3cccnc3C(F)F)c21.CC1CC(C(C)C)c2cccc(NC(=O)c3cccnc3C(F)F)c21.CCC1(C)CC(C)c2c(NC(=O)c3cccnc3C(F)F)cccc21.CCC1CC(C)(CC)c2cccc(NC(=O)c3cccnc3C(F)F)c21. The molecule has 7 unspecified atom stereocenters. The molecule has 25 heteroatoms. The van der Waals surface area contributed by atoms with Crippen molar-refractivity contribution in [2.24, 2.45) is 17.3 Å². The summed E-state index contributed by atoms with van der Waals surface area (Å²) in [4.78, 5) is 81.7. The molecule has 5 aliphatic carbocycles. The van der Waals surface area contributed by atoms with Gasteiger partial charge in [0.2, 0.25) is 0 Å². The number of hydrogen-bond donors (Lipinski definition) is 5. The van der Waals surface area contributed by atoms with Gasteiger partial charge in [-0.2, -0.15) is 0 Å². The fourth-order valence-electron chi connectivity index (χ4n) is 20.5. The van der Waals surface area contributed by atoms with Gasteiger partial charge in [-0.05, 0) is 285 Å². The highest BCUT2D eigenvalue weighted by Crippen LogP contribution is 2.57. The predicted octanol–water partition coefficient (Wildman–Crippen LogP) is 29.4. The molecule has 0 aliphatic heterocycles. The van der Waals surface area contributed by atoms with Gasteiger partial charge < -0.3 is 26.6 Å². The fourth-order valence-corrected chi connectivity index (χ4v) is 20.5. The topological polar surface area (TPSA) is 210 Å². The third kappa shape index (κ3) is 22.6. The summed E-state index contributed by atoms with van der Waals surface area (Å²) < 4.78 is 132. The molecule has 15 rings (SSSR count). The lowest BCUT2D eigenvalue weighted by Crippen LogP contribution is -2.18. The molecule has 0 saturated carbocycles. The van der Waals surface area contributed by atoms with Crippen LogP contribution < -0.4 is 26.6 Å². The third-order valence-electron chi connectivity index (χ3n) is 26.7. The van der Waals surface area contributed by atoms with Crippen molar-refractivity contribution < 1.29 is 67.9 Å². The molecule has 5 amide bonds. The van der Waals surface area contributed by atoms with Crippen LogP contribution in [0.1, 0.15) is 392 Å². The lowest BCUT2D eigenvalue weighted by Gasteiger charge is -2.25. The van der Waals surface area contributed by atoms with Gasteiger partial charge in [0.25, 0.3) is 61.7 Å². The summed E-state index contributed by atoms with van der Waals surface area (Å²) in [6.45, 7) is 39.5. The minimum atomic E-state index is -2.80. The van der Waals surface area contributed by atoms with E-state index in [2.05, 4.69) is 206 Å². The molecule has 0 fully saturated rings. The fraction of sp³-hybridized carbons (Fsp3) is 0.434. The Morgan fingerprint density at radius 3 is 0.985 bits per heavy atom. The Balaban J connectivity index is 0.000000158. The maximum absolute atomic E-state index is 13.3. The number of halogens is 10. The average Bonchev–Trinajstić information content (AvgIpc) is 1.61. The Kier molecular flexibility index (Phi) is 32.0. The van der Waals surface area contributed by atoms with Gasteiger partial charge in [-0.1, -0.05) is 185 Å². The molecular formula is C106H122F10N10O5. The predicted molar refractivity (Wildman–Crippen MR) is 499 cm³/mol. The zero-order valence-corrected chi connectivity index (χ0v) is 78.0. The van der Waals surface area contributed by atoms with Crippen LogP contribution in [0.15, 0.2) is 183 Å². The van der Waals surface area contributed by atoms with Gasteiger partial charge in [0.1, 0.15) is 28.5 Å². The van der Waals surface area contributed by atoms with Crippen molar-refractivity contribution in [2.75, 3.05) is 26.6 Å². The highest BCUT2D eigenvalue weighted by molar-refractivity contribution is 6.09. The van der Waals surface area contributed by atoms with Crippen LogP contribution >= 0.6 is 0 Å². The number of nitrogens with one attached hydrogen (secondary N) is 5. The Hall–Kier alpha value is -11.5. The van der Waals surface area contributed by atoms with E-state index in [1.807, 2.05) is 60.7 Å². The van der Waals surface area contributed by atoms with Crippen LogP contribution in [-0.2, 0) is 21.7 Å². The van der Waals surface area contributed by atoms with Crippen molar-refractivity contribution in [1.29, 1.82) is 0 Å². The van der Waals surface area contributed by atoms with Crippen LogP contribution in [0.2, 0.25) is 0 Å². The van der Waals surface area contributed by atoms with Crippen LogP contribution in [0.5, 0.6) is 0 Å². The molecule has 0 bridgehead atoms. The maximum Gasteiger partial charge on any atom is 0.281 e. The number of fused-ring (bicyclic) bond motifs is 5. The van der Waals surface area contributed by atoms with Crippen LogP contribution in [0, 0.1) is 17.3 Å². The summed E-state index contributed by atoms with van der Waals surface area (Å²) in [7, 11) is 0. The Morgan fingerprint density at radius 1 is 0.366 bits per heavy atom. The molecule has 0 saturated heterocycles. The molecule has 5 heterocycles. The number of amides is 5. The molecule has 10 aromatic rings. The largest absolute Gasteiger partial charge is 0.322 e. The first-order valence-corrected chi connectivity index (χ1v) is 45.3. The van der Waals surface area contributed by atoms with E-state index in [4.69, 9.17) is 0 Å². The van der Waals surface area contributed by atoms with Gasteiger partial charge in [-0.15, -0.1) is 0 Å². The summed E-state index contributed by atoms with van der Waals surface area (Å²) in [5, 5.41) is 14.3. The van der Waals surface area contributed by atoms with E-state index in [-0.39, 0.29) is 54.9 Å². The summed E-state index contributed by atoms with van der Waals surface area (Å²) >= 11 is 0. The van der Waals surface area contributed by atoms with Gasteiger partial charge in [-0.3, -0.25) is 48.9 Å². The molecule has 131 heavy (non-hydrogen) atoms. The number of carbonyl (C=O) groups excluding carboxylic acids is 5. The lowest BCUT2D eigenvalue weighted by molar-refractivity contribution is 0.0999. The quantitative estimate of drug-likeness (QED) is 0.0405. The smallest absolute Gasteiger partial charge is 0.281 e. The van der Waals surface area contributed by atoms with Gasteiger partial charge >= 0.3 is 0 Å². The van der Waals surface area contributed by atoms with Gasteiger partial charge in [0.05, 0.1) is 27.8 Å². The van der Waals surface area contributed by atoms with Crippen molar-refractivity contribution in [1.82, 2.24) is 24.9 Å². The monoisotopic (exact) mass is 1800 g/mol. The van der Waals surface area contributed by atoms with Gasteiger partial charge in [0.15, 0.2) is 0 Å². The van der Waals surface area contributed by atoms with Crippen molar-refractivity contribution in [3.8, 4) is 0 Å². The van der Waals surface area contributed by atoms with Crippen molar-refractivity contribution >= 4 is 58.0 Å². The number of hydrogen-bond acceptors (Lipinski definition) is 10. The normalized spacial score (nSPS) is 19.8. The number of carbonyl (C=O) groups is 5. The second kappa shape index (κ2) is 41.9. The lowest BCUT2D eigenvalue weighted by atomic mass is 9.80. The zero-order valence-electron chi connectivity index (χ0n) is 78.0. The van der Waals surface area contributed by atoms with Crippen LogP contribution in [0.25, 0.3) is 0 Å². The second-order valence-electron chi connectivity index (χ2n) is 39.0. The van der Waals surface area contributed by atoms with Crippen LogP contribution in [-0.4, -0.2) is 54.5 Å². The molecule has 8 atom stereocenters. The van der Waals surface area contributed by atoms with E-state index in [1.165, 1.54) is 119 Å². The molecule has 5 aromatic heterocycles. The molecule has 5 aromatic carbocycles. The second-order valence-corrected chi connectivity index (χ2v) is 39.0. The first-order chi connectivity index (χ1) is 61.9. The highest BCUT2D eigenvalue weighted by atomic mass is 19.3. The Labute approximate surface area is 763 Å². The summed E-state index contributed by atoms with van der Waals surface area (Å²) in [6, 6.07) is 43.9. The van der Waals surface area contributed by atoms with Crippen molar-refractivity contribution in [2.45, 2.75) is 278 Å². The number of benzene rings is 5. The van der Waals surface area contributed by atoms with Crippen molar-refractivity contribution in [3.63, 3.8) is 0 Å². The van der Waals surface area contributed by atoms with E-state index in [0.717, 1.165) is 103 Å². The van der Waals surface area contributed by atoms with E-state index < -0.39 is 90.1 Å². The van der Waals surface area contributed by atoms with Gasteiger partial charge in [-0.25, -0.2) is 43.9 Å². The van der Waals surface area contributed by atoms with E-state index in [0.29, 0.717) is 64.4 Å². The minimum absolute atomic E-state index is 0.00836. The molecule has 0 radical (unpaired) electrons. The summed E-state index contributed by atoms with van der Waals surface area (Å²) in [5.74, 6) is 0.417. The number of alkyl halides is 10. The van der Waals surface area contributed by atoms with Crippen LogP contribution in [0.3, 0.4) is 0 Å². The summed E-state index contributed by atoms with van der Waals surface area (Å²) in [5.41, 5.74) is 12.9. The summed E-state index contributed by atoms with van der Waals surface area (Å²) in [6.07, 6.45) is 2.57. The first-order valence-electron chi connectivity index (χ1n) is 45.3. The number of rotatable bonds is 22. The minimum Gasteiger partial charge on any atom is -0.322 e. The Morgan fingerprint density at radius 2 is 0.664 bits per heavy atom. The van der Waals surface area contributed by atoms with E-state index in [9.17, 15) is 67.9 Å². The molecule has 696 valence electrons. The van der Waals surface area contributed by atoms with Gasteiger partial charge in [0, 0.05) is 59.4 Å². The molecule has 5 N–H and O–H groups in total. The number of anilines is 5. The molecular weight excluding hydrogens is 1680 g/mol. The van der Waals surface area contributed by atoms with Crippen LogP contribution in [0.4, 0.5) is 72.3 Å². The number of nitrogens with zero attached hydrogens (tertiary/aromatic N) is 5. The number of aromatic nitrogens is 5. The van der Waals surface area contributed by atoms with E-state index >= 15 is 0 Å². The molecule has 15 nitrogen and oxygen atoms in total. The Bertz CT molecular complexity index is 5750. The standard InChI is InChI=1S/C23H28F2N2O.C22H26F2N2O.C21H24F2N2O.2C20H22F2N2O/c1-22(2,3)12-14-13-23(4,5)16-9-6-10-17(18(14)16)27-21(28)15-8-7-11-26-19(15)20(24)25;1-13(2)11-14-12-22(3,4)16-8-5-9-17(18(14)16)26-21(27)15-7-6-10-25-19(15)20(23)24;1-4-13-12-21(3,5-2)15-9-6-10-16(17(13)15)25-20(26)14-8-7-11-24-18(14)19(22)23;1-11(2)15-10-12(3)17-13(15)6-4-8-16(17)24-20(25)14-7-5-9-23-18(14)19(21)22;1-4-20(3)11-12(2)16-14(20)8-5-9-15(16)24-19(25)13-7-6-10-23-17(13)18(21)22/h6-11,14,20H,12-13H2,1-5H3,(H,27,28);5-10,13-14,20H,11-12H2,1-4H3,(H,26,27);6-11,13,19H,4-5,12H2,1-3H3,(H,25,26);4-9,11-12,15,19H,10H2,1-3H3,(H,24,25);5-10,12,18H,4,11H2,1-3H3,(H,24,25)/t;14-;;;/m.1.../s1. The highest BCUT2D eigenvalue weighted by Gasteiger charge is 2.45. The average molecular weight is 1810 g/mol. The maximum atomic E-state index is 13.3.